The van der Waals surface area contributed by atoms with Gasteiger partial charge in [-0.1, -0.05) is 48.5 Å². The summed E-state index contributed by atoms with van der Waals surface area (Å²) in [6, 6.07) is 19.4. The highest BCUT2D eigenvalue weighted by Gasteiger charge is 2.43. The van der Waals surface area contributed by atoms with Gasteiger partial charge in [-0.2, -0.15) is 4.31 Å². The Labute approximate surface area is 159 Å². The molecule has 0 aliphatic carbocycles. The van der Waals surface area contributed by atoms with Gasteiger partial charge >= 0.3 is 0 Å². The van der Waals surface area contributed by atoms with Gasteiger partial charge in [0.2, 0.25) is 10.0 Å². The molecule has 2 heterocycles. The lowest BCUT2D eigenvalue weighted by Crippen LogP contribution is -2.48. The van der Waals surface area contributed by atoms with Crippen LogP contribution in [0.15, 0.2) is 84.0 Å². The number of aliphatic hydroxyl groups excluding tert-OH is 1. The van der Waals surface area contributed by atoms with Crippen LogP contribution in [0.1, 0.15) is 22.8 Å². The third-order valence-corrected chi connectivity index (χ3v) is 6.88. The summed E-state index contributed by atoms with van der Waals surface area (Å²) in [4.78, 5) is 4.17. The molecular weight excluding hydrogens is 360 g/mol. The molecule has 138 valence electrons. The third kappa shape index (κ3) is 3.39. The number of aromatic nitrogens is 1. The van der Waals surface area contributed by atoms with Crippen LogP contribution in [0.5, 0.6) is 0 Å². The molecule has 0 radical (unpaired) electrons. The van der Waals surface area contributed by atoms with Crippen molar-refractivity contribution in [2.75, 3.05) is 0 Å². The number of sulfonamides is 1. The molecule has 4 rings (SSSR count). The minimum absolute atomic E-state index is 0.177. The van der Waals surface area contributed by atoms with Crippen LogP contribution < -0.4 is 0 Å². The van der Waals surface area contributed by atoms with E-state index >= 15 is 0 Å². The van der Waals surface area contributed by atoms with Gasteiger partial charge in [0.15, 0.2) is 0 Å². The summed E-state index contributed by atoms with van der Waals surface area (Å²) < 4.78 is 28.1. The number of hydrogen-bond acceptors (Lipinski definition) is 4. The molecule has 6 heteroatoms. The second kappa shape index (κ2) is 7.23. The summed E-state index contributed by atoms with van der Waals surface area (Å²) in [5.41, 5.74) is 2.28. The number of benzene rings is 2. The lowest BCUT2D eigenvalue weighted by Gasteiger charge is -2.39. The molecule has 0 fully saturated rings. The van der Waals surface area contributed by atoms with Crippen LogP contribution in [0.25, 0.3) is 0 Å². The molecule has 0 spiro atoms. The maximum Gasteiger partial charge on any atom is 0.244 e. The number of rotatable bonds is 4. The van der Waals surface area contributed by atoms with Crippen LogP contribution in [-0.2, 0) is 23.0 Å². The van der Waals surface area contributed by atoms with Gasteiger partial charge in [-0.15, -0.1) is 0 Å². The SMILES string of the molecule is O=S1(=O)c2ccccc2[C@H](O)[C@@H](Cc2ccccc2)N1Cc1ccncc1. The van der Waals surface area contributed by atoms with E-state index in [1.165, 1.54) is 4.31 Å². The van der Waals surface area contributed by atoms with E-state index in [0.717, 1.165) is 11.1 Å². The number of pyridine rings is 1. The molecule has 1 aliphatic rings. The zero-order valence-corrected chi connectivity index (χ0v) is 15.5. The molecular formula is C21H20N2O3S. The summed E-state index contributed by atoms with van der Waals surface area (Å²) in [5, 5.41) is 11.0. The average molecular weight is 380 g/mol. The van der Waals surface area contributed by atoms with Gasteiger partial charge in [-0.05, 0) is 35.7 Å². The van der Waals surface area contributed by atoms with E-state index in [1.54, 1.807) is 48.8 Å². The first-order valence-corrected chi connectivity index (χ1v) is 10.2. The fourth-order valence-electron chi connectivity index (χ4n) is 3.57. The van der Waals surface area contributed by atoms with Gasteiger partial charge in [0.1, 0.15) is 0 Å². The summed E-state index contributed by atoms with van der Waals surface area (Å²) >= 11 is 0. The molecule has 2 atom stereocenters. The largest absolute Gasteiger partial charge is 0.387 e. The number of fused-ring (bicyclic) bond motifs is 1. The first kappa shape index (κ1) is 17.9. The van der Waals surface area contributed by atoms with Crippen molar-refractivity contribution >= 4 is 10.0 Å². The number of nitrogens with zero attached hydrogens (tertiary/aromatic N) is 2. The van der Waals surface area contributed by atoms with E-state index in [2.05, 4.69) is 4.98 Å². The fraction of sp³-hybridized carbons (Fsp3) is 0.190. The van der Waals surface area contributed by atoms with E-state index in [4.69, 9.17) is 0 Å². The monoisotopic (exact) mass is 380 g/mol. The Hall–Kier alpha value is -2.54. The van der Waals surface area contributed by atoms with E-state index in [1.807, 2.05) is 30.3 Å². The first-order chi connectivity index (χ1) is 13.1. The zero-order valence-electron chi connectivity index (χ0n) is 14.6. The second-order valence-electron chi connectivity index (χ2n) is 6.65. The van der Waals surface area contributed by atoms with Crippen LogP contribution in [0.4, 0.5) is 0 Å². The maximum absolute atomic E-state index is 13.4. The van der Waals surface area contributed by atoms with Crippen LogP contribution in [0.2, 0.25) is 0 Å². The van der Waals surface area contributed by atoms with E-state index in [-0.39, 0.29) is 11.4 Å². The molecule has 1 aliphatic heterocycles. The van der Waals surface area contributed by atoms with Gasteiger partial charge < -0.3 is 5.11 Å². The Morgan fingerprint density at radius 3 is 2.30 bits per heavy atom. The minimum atomic E-state index is -3.73. The number of aliphatic hydroxyl groups is 1. The topological polar surface area (TPSA) is 70.5 Å². The van der Waals surface area contributed by atoms with Crippen LogP contribution in [0, 0.1) is 0 Å². The fourth-order valence-corrected chi connectivity index (χ4v) is 5.42. The summed E-state index contributed by atoms with van der Waals surface area (Å²) in [6.45, 7) is 0.188. The van der Waals surface area contributed by atoms with E-state index in [9.17, 15) is 13.5 Å². The molecule has 5 nitrogen and oxygen atoms in total. The van der Waals surface area contributed by atoms with E-state index in [0.29, 0.717) is 12.0 Å². The zero-order chi connectivity index (χ0) is 18.9. The predicted molar refractivity (Wildman–Crippen MR) is 102 cm³/mol. The minimum Gasteiger partial charge on any atom is -0.387 e. The molecule has 0 amide bonds. The third-order valence-electron chi connectivity index (χ3n) is 4.93. The molecule has 2 aromatic carbocycles. The molecule has 1 N–H and O–H groups in total. The maximum atomic E-state index is 13.4. The highest BCUT2D eigenvalue weighted by molar-refractivity contribution is 7.89. The summed E-state index contributed by atoms with van der Waals surface area (Å²) in [7, 11) is -3.73. The molecule has 0 saturated heterocycles. The van der Waals surface area contributed by atoms with Crippen molar-refractivity contribution in [3.05, 3.63) is 95.8 Å². The van der Waals surface area contributed by atoms with Crippen molar-refractivity contribution in [2.24, 2.45) is 0 Å². The molecule has 0 unspecified atom stereocenters. The molecule has 3 aromatic rings. The standard InChI is InChI=1S/C21H20N2O3S/c24-21-18-8-4-5-9-20(18)27(25,26)23(15-17-10-12-22-13-11-17)19(21)14-16-6-2-1-3-7-16/h1-13,19,21,24H,14-15H2/t19-,21+/m1/s1. The first-order valence-electron chi connectivity index (χ1n) is 8.79. The van der Waals surface area contributed by atoms with Crippen molar-refractivity contribution in [2.45, 2.75) is 30.0 Å². The Kier molecular flexibility index (Phi) is 4.78. The molecule has 0 saturated carbocycles. The molecule has 1 aromatic heterocycles. The van der Waals surface area contributed by atoms with Crippen molar-refractivity contribution < 1.29 is 13.5 Å². The Balaban J connectivity index is 1.80. The van der Waals surface area contributed by atoms with Crippen molar-refractivity contribution in [3.8, 4) is 0 Å². The Morgan fingerprint density at radius 1 is 0.889 bits per heavy atom. The van der Waals surface area contributed by atoms with Crippen molar-refractivity contribution in [3.63, 3.8) is 0 Å². The van der Waals surface area contributed by atoms with Gasteiger partial charge in [-0.3, -0.25) is 4.98 Å². The lowest BCUT2D eigenvalue weighted by atomic mass is 9.95. The van der Waals surface area contributed by atoms with Crippen LogP contribution >= 0.6 is 0 Å². The normalized spacial score (nSPS) is 21.5. The number of hydrogen-bond donors (Lipinski definition) is 1. The predicted octanol–water partition coefficient (Wildman–Crippen LogP) is 2.93. The lowest BCUT2D eigenvalue weighted by molar-refractivity contribution is 0.0769. The summed E-state index contributed by atoms with van der Waals surface area (Å²) in [6.07, 6.45) is 2.82. The van der Waals surface area contributed by atoms with Crippen molar-refractivity contribution in [1.82, 2.24) is 9.29 Å². The van der Waals surface area contributed by atoms with Gasteiger partial charge in [0.25, 0.3) is 0 Å². The van der Waals surface area contributed by atoms with Crippen LogP contribution in [-0.4, -0.2) is 28.9 Å². The Morgan fingerprint density at radius 2 is 1.56 bits per heavy atom. The average Bonchev–Trinajstić information content (AvgIpc) is 2.71. The van der Waals surface area contributed by atoms with Crippen LogP contribution in [0.3, 0.4) is 0 Å². The molecule has 27 heavy (non-hydrogen) atoms. The van der Waals surface area contributed by atoms with Gasteiger partial charge in [0, 0.05) is 24.5 Å². The smallest absolute Gasteiger partial charge is 0.244 e. The quantitative estimate of drug-likeness (QED) is 0.756. The van der Waals surface area contributed by atoms with Gasteiger partial charge in [0.05, 0.1) is 17.0 Å². The van der Waals surface area contributed by atoms with E-state index < -0.39 is 22.2 Å². The summed E-state index contributed by atoms with van der Waals surface area (Å²) in [5.74, 6) is 0. The Bertz CT molecular complexity index is 1020. The van der Waals surface area contributed by atoms with Gasteiger partial charge in [-0.25, -0.2) is 8.42 Å². The highest BCUT2D eigenvalue weighted by Crippen LogP contribution is 2.38. The molecule has 0 bridgehead atoms. The second-order valence-corrected chi connectivity index (χ2v) is 8.50. The highest BCUT2D eigenvalue weighted by atomic mass is 32.2. The van der Waals surface area contributed by atoms with Crippen molar-refractivity contribution in [1.29, 1.82) is 0 Å².